The molecule has 24 heavy (non-hydrogen) atoms. The first-order valence-electron chi connectivity index (χ1n) is 8.63. The van der Waals surface area contributed by atoms with Crippen molar-refractivity contribution in [2.75, 3.05) is 13.1 Å². The number of hydrogen-bond donors (Lipinski definition) is 1. The average molecular weight is 367 g/mol. The van der Waals surface area contributed by atoms with E-state index < -0.39 is 6.10 Å². The SMILES string of the molecule is CC[C@H]1CN2CC[C@@H]1C[C@H]2[C@H](O)c1ccnc2ccc(Cl)cc12.Cl. The second kappa shape index (κ2) is 7.17. The normalized spacial score (nSPS) is 30.1. The number of benzene rings is 1. The van der Waals surface area contributed by atoms with Gasteiger partial charge in [0.1, 0.15) is 0 Å². The summed E-state index contributed by atoms with van der Waals surface area (Å²) in [6.45, 7) is 4.54. The molecule has 1 aromatic carbocycles. The molecule has 3 fully saturated rings. The predicted octanol–water partition coefficient (Wildman–Crippen LogP) is 4.46. The standard InChI is InChI=1S/C19H23ClN2O.ClH/c1-2-12-11-22-8-6-13(12)9-18(22)19(23)15-5-7-21-17-4-3-14(20)10-16(15)17;/h3-5,7,10,12-13,18-19,23H,2,6,8-9,11H2,1H3;1H/t12-,13+,18-,19+;/m0./s1. The number of hydrogen-bond acceptors (Lipinski definition) is 3. The molecule has 3 saturated heterocycles. The lowest BCUT2D eigenvalue weighted by Crippen LogP contribution is -2.55. The van der Waals surface area contributed by atoms with Gasteiger partial charge in [-0.25, -0.2) is 0 Å². The van der Waals surface area contributed by atoms with Gasteiger partial charge in [0.05, 0.1) is 11.6 Å². The van der Waals surface area contributed by atoms with Crippen molar-refractivity contribution in [3.63, 3.8) is 0 Å². The lowest BCUT2D eigenvalue weighted by Gasteiger charge is -2.51. The van der Waals surface area contributed by atoms with Crippen LogP contribution in [0.3, 0.4) is 0 Å². The van der Waals surface area contributed by atoms with Crippen molar-refractivity contribution in [1.82, 2.24) is 9.88 Å². The Morgan fingerprint density at radius 1 is 1.38 bits per heavy atom. The summed E-state index contributed by atoms with van der Waals surface area (Å²) in [5.41, 5.74) is 1.86. The van der Waals surface area contributed by atoms with Crippen LogP contribution in [0.15, 0.2) is 30.5 Å². The average Bonchev–Trinajstić information content (AvgIpc) is 2.60. The number of pyridine rings is 1. The second-order valence-corrected chi connectivity index (χ2v) is 7.46. The topological polar surface area (TPSA) is 36.4 Å². The second-order valence-electron chi connectivity index (χ2n) is 7.02. The summed E-state index contributed by atoms with van der Waals surface area (Å²) in [7, 11) is 0. The molecular weight excluding hydrogens is 343 g/mol. The molecule has 0 spiro atoms. The summed E-state index contributed by atoms with van der Waals surface area (Å²) in [4.78, 5) is 6.90. The molecule has 3 nitrogen and oxygen atoms in total. The van der Waals surface area contributed by atoms with E-state index in [9.17, 15) is 5.11 Å². The molecule has 0 radical (unpaired) electrons. The first-order valence-corrected chi connectivity index (χ1v) is 9.01. The van der Waals surface area contributed by atoms with Crippen molar-refractivity contribution >= 4 is 34.9 Å². The molecule has 3 aliphatic heterocycles. The number of halogens is 2. The smallest absolute Gasteiger partial charge is 0.0952 e. The van der Waals surface area contributed by atoms with E-state index in [1.165, 1.54) is 12.8 Å². The summed E-state index contributed by atoms with van der Waals surface area (Å²) in [5, 5.41) is 12.8. The third-order valence-corrected chi connectivity index (χ3v) is 6.12. The maximum absolute atomic E-state index is 11.1. The third-order valence-electron chi connectivity index (χ3n) is 5.88. The number of aliphatic hydroxyl groups excluding tert-OH is 1. The van der Waals surface area contributed by atoms with Gasteiger partial charge in [0.25, 0.3) is 0 Å². The van der Waals surface area contributed by atoms with Crippen molar-refractivity contribution in [1.29, 1.82) is 0 Å². The van der Waals surface area contributed by atoms with E-state index in [4.69, 9.17) is 11.6 Å². The van der Waals surface area contributed by atoms with E-state index in [2.05, 4.69) is 16.8 Å². The van der Waals surface area contributed by atoms with Crippen molar-refractivity contribution in [3.05, 3.63) is 41.0 Å². The van der Waals surface area contributed by atoms with Gasteiger partial charge >= 0.3 is 0 Å². The molecule has 5 heteroatoms. The number of fused-ring (bicyclic) bond motifs is 4. The van der Waals surface area contributed by atoms with Gasteiger partial charge in [-0.05, 0) is 61.1 Å². The summed E-state index contributed by atoms with van der Waals surface area (Å²) >= 11 is 6.16. The number of nitrogens with zero attached hydrogens (tertiary/aromatic N) is 2. The Kier molecular flexibility index (Phi) is 5.36. The van der Waals surface area contributed by atoms with Gasteiger partial charge in [0.2, 0.25) is 0 Å². The van der Waals surface area contributed by atoms with Gasteiger partial charge in [-0.15, -0.1) is 12.4 Å². The van der Waals surface area contributed by atoms with Crippen LogP contribution in [-0.4, -0.2) is 34.1 Å². The molecule has 1 N–H and O–H groups in total. The van der Waals surface area contributed by atoms with Crippen LogP contribution in [0.5, 0.6) is 0 Å². The third kappa shape index (κ3) is 3.03. The summed E-state index contributed by atoms with van der Waals surface area (Å²) in [6, 6.07) is 7.87. The fourth-order valence-corrected chi connectivity index (χ4v) is 4.75. The van der Waals surface area contributed by atoms with E-state index >= 15 is 0 Å². The van der Waals surface area contributed by atoms with Crippen molar-refractivity contribution in [2.45, 2.75) is 38.3 Å². The molecule has 5 atom stereocenters. The Hall–Kier alpha value is -0.870. The largest absolute Gasteiger partial charge is 0.387 e. The van der Waals surface area contributed by atoms with Crippen molar-refractivity contribution in [3.8, 4) is 0 Å². The number of piperidine rings is 3. The van der Waals surface area contributed by atoms with Gasteiger partial charge in [0, 0.05) is 29.2 Å². The fraction of sp³-hybridized carbons (Fsp3) is 0.526. The van der Waals surface area contributed by atoms with Crippen LogP contribution >= 0.6 is 24.0 Å². The minimum absolute atomic E-state index is 0. The van der Waals surface area contributed by atoms with Crippen molar-refractivity contribution in [2.24, 2.45) is 11.8 Å². The Balaban J connectivity index is 0.00000169. The first-order chi connectivity index (χ1) is 11.2. The summed E-state index contributed by atoms with van der Waals surface area (Å²) < 4.78 is 0. The molecule has 1 unspecified atom stereocenters. The fourth-order valence-electron chi connectivity index (χ4n) is 4.58. The number of aromatic nitrogens is 1. The van der Waals surface area contributed by atoms with Gasteiger partial charge < -0.3 is 5.11 Å². The van der Waals surface area contributed by atoms with Gasteiger partial charge in [-0.2, -0.15) is 0 Å². The lowest BCUT2D eigenvalue weighted by atomic mass is 9.72. The Bertz CT molecular complexity index is 724. The monoisotopic (exact) mass is 366 g/mol. The van der Waals surface area contributed by atoms with E-state index in [1.807, 2.05) is 24.3 Å². The molecule has 4 heterocycles. The predicted molar refractivity (Wildman–Crippen MR) is 101 cm³/mol. The molecule has 0 amide bonds. The Labute approximate surface area is 154 Å². The van der Waals surface area contributed by atoms with Crippen LogP contribution in [0.25, 0.3) is 10.9 Å². The highest BCUT2D eigenvalue weighted by atomic mass is 35.5. The maximum Gasteiger partial charge on any atom is 0.0952 e. The van der Waals surface area contributed by atoms with E-state index in [0.29, 0.717) is 5.02 Å². The molecule has 0 saturated carbocycles. The van der Waals surface area contributed by atoms with E-state index in [0.717, 1.165) is 47.8 Å². The van der Waals surface area contributed by atoms with Gasteiger partial charge in [-0.1, -0.05) is 24.9 Å². The van der Waals surface area contributed by atoms with Crippen LogP contribution in [0, 0.1) is 11.8 Å². The van der Waals surface area contributed by atoms with Gasteiger partial charge in [0.15, 0.2) is 0 Å². The number of rotatable bonds is 3. The molecule has 1 aromatic heterocycles. The zero-order valence-electron chi connectivity index (χ0n) is 13.9. The van der Waals surface area contributed by atoms with E-state index in [1.54, 1.807) is 6.20 Å². The highest BCUT2D eigenvalue weighted by Crippen LogP contribution is 2.42. The highest BCUT2D eigenvalue weighted by Gasteiger charge is 2.42. The lowest BCUT2D eigenvalue weighted by molar-refractivity contribution is -0.0562. The quantitative estimate of drug-likeness (QED) is 0.870. The molecule has 2 aromatic rings. The Morgan fingerprint density at radius 3 is 2.92 bits per heavy atom. The Morgan fingerprint density at radius 2 is 2.21 bits per heavy atom. The molecule has 5 rings (SSSR count). The van der Waals surface area contributed by atoms with Crippen LogP contribution < -0.4 is 0 Å². The zero-order valence-corrected chi connectivity index (χ0v) is 15.4. The molecule has 2 bridgehead atoms. The summed E-state index contributed by atoms with van der Waals surface area (Å²) in [5.74, 6) is 1.57. The van der Waals surface area contributed by atoms with E-state index in [-0.39, 0.29) is 18.4 Å². The van der Waals surface area contributed by atoms with Crippen LogP contribution in [0.4, 0.5) is 0 Å². The molecule has 130 valence electrons. The highest BCUT2D eigenvalue weighted by molar-refractivity contribution is 6.31. The minimum atomic E-state index is -0.473. The molecular formula is C19H24Cl2N2O. The molecule has 0 aliphatic carbocycles. The van der Waals surface area contributed by atoms with Crippen LogP contribution in [0.1, 0.15) is 37.9 Å². The molecule has 3 aliphatic rings. The zero-order chi connectivity index (χ0) is 16.0. The maximum atomic E-state index is 11.1. The summed E-state index contributed by atoms with van der Waals surface area (Å²) in [6.07, 6.45) is 4.95. The minimum Gasteiger partial charge on any atom is -0.387 e. The van der Waals surface area contributed by atoms with Gasteiger partial charge in [-0.3, -0.25) is 9.88 Å². The van der Waals surface area contributed by atoms with Crippen molar-refractivity contribution < 1.29 is 5.11 Å². The van der Waals surface area contributed by atoms with Crippen LogP contribution in [0.2, 0.25) is 5.02 Å². The van der Waals surface area contributed by atoms with Crippen LogP contribution in [-0.2, 0) is 0 Å². The first kappa shape index (κ1) is 17.9. The number of aliphatic hydroxyl groups is 1.